The molecule has 1 aliphatic heterocycles. The average molecular weight is 358 g/mol. The first-order valence-electron chi connectivity index (χ1n) is 8.69. The van der Waals surface area contributed by atoms with Gasteiger partial charge in [-0.2, -0.15) is 5.10 Å². The SMILES string of the molecule is COCc1cc(N2CCN(c3cnn(C)c3)C(=O)C2)nc(C(C)(C)C)n1. The molecule has 3 rings (SSSR count). The van der Waals surface area contributed by atoms with Crippen LogP contribution in [0.25, 0.3) is 0 Å². The number of amides is 1. The fraction of sp³-hybridized carbons (Fsp3) is 0.556. The largest absolute Gasteiger partial charge is 0.378 e. The number of carbonyl (C=O) groups is 1. The van der Waals surface area contributed by atoms with Crippen molar-refractivity contribution in [3.8, 4) is 0 Å². The van der Waals surface area contributed by atoms with Crippen molar-refractivity contribution < 1.29 is 9.53 Å². The number of hydrogen-bond donors (Lipinski definition) is 0. The van der Waals surface area contributed by atoms with Crippen LogP contribution in [0.2, 0.25) is 0 Å². The van der Waals surface area contributed by atoms with Crippen molar-refractivity contribution >= 4 is 17.4 Å². The van der Waals surface area contributed by atoms with Crippen molar-refractivity contribution in [3.05, 3.63) is 30.0 Å². The van der Waals surface area contributed by atoms with Gasteiger partial charge in [0.1, 0.15) is 11.6 Å². The second-order valence-corrected chi connectivity index (χ2v) is 7.56. The highest BCUT2D eigenvalue weighted by molar-refractivity contribution is 5.97. The van der Waals surface area contributed by atoms with Gasteiger partial charge in [0.15, 0.2) is 0 Å². The lowest BCUT2D eigenvalue weighted by molar-refractivity contribution is -0.117. The Balaban J connectivity index is 1.83. The van der Waals surface area contributed by atoms with E-state index < -0.39 is 0 Å². The number of aryl methyl sites for hydroxylation is 1. The van der Waals surface area contributed by atoms with E-state index in [0.717, 1.165) is 23.0 Å². The Morgan fingerprint density at radius 3 is 2.58 bits per heavy atom. The van der Waals surface area contributed by atoms with Crippen LogP contribution in [0.3, 0.4) is 0 Å². The lowest BCUT2D eigenvalue weighted by Crippen LogP contribution is -2.51. The van der Waals surface area contributed by atoms with Gasteiger partial charge in [-0.15, -0.1) is 0 Å². The topological polar surface area (TPSA) is 76.4 Å². The number of aromatic nitrogens is 4. The summed E-state index contributed by atoms with van der Waals surface area (Å²) >= 11 is 0. The van der Waals surface area contributed by atoms with Crippen LogP contribution in [0.5, 0.6) is 0 Å². The van der Waals surface area contributed by atoms with Crippen LogP contribution >= 0.6 is 0 Å². The highest BCUT2D eigenvalue weighted by Crippen LogP contribution is 2.24. The molecule has 2 aromatic heterocycles. The van der Waals surface area contributed by atoms with Gasteiger partial charge in [0.2, 0.25) is 5.91 Å². The van der Waals surface area contributed by atoms with Gasteiger partial charge in [-0.1, -0.05) is 20.8 Å². The van der Waals surface area contributed by atoms with Gasteiger partial charge in [0.25, 0.3) is 0 Å². The summed E-state index contributed by atoms with van der Waals surface area (Å²) in [6.45, 7) is 8.23. The van der Waals surface area contributed by atoms with E-state index in [1.807, 2.05) is 24.2 Å². The predicted octanol–water partition coefficient (Wildman–Crippen LogP) is 1.51. The molecular weight excluding hydrogens is 332 g/mol. The van der Waals surface area contributed by atoms with Gasteiger partial charge in [-0.25, -0.2) is 9.97 Å². The molecule has 0 aliphatic carbocycles. The smallest absolute Gasteiger partial charge is 0.246 e. The molecule has 0 N–H and O–H groups in total. The van der Waals surface area contributed by atoms with Crippen molar-refractivity contribution in [1.82, 2.24) is 19.7 Å². The Labute approximate surface area is 153 Å². The van der Waals surface area contributed by atoms with Crippen LogP contribution in [0.1, 0.15) is 32.3 Å². The molecule has 1 fully saturated rings. The van der Waals surface area contributed by atoms with Gasteiger partial charge in [0.05, 0.1) is 30.7 Å². The molecule has 0 atom stereocenters. The number of methoxy groups -OCH3 is 1. The maximum absolute atomic E-state index is 12.7. The second kappa shape index (κ2) is 7.03. The summed E-state index contributed by atoms with van der Waals surface area (Å²) in [4.78, 5) is 25.8. The normalized spacial score (nSPS) is 15.7. The Kier molecular flexibility index (Phi) is 4.95. The first-order valence-corrected chi connectivity index (χ1v) is 8.69. The fourth-order valence-corrected chi connectivity index (χ4v) is 2.89. The molecule has 1 aliphatic rings. The van der Waals surface area contributed by atoms with Gasteiger partial charge >= 0.3 is 0 Å². The number of anilines is 2. The Bertz CT molecular complexity index is 795. The van der Waals surface area contributed by atoms with Gasteiger partial charge in [0, 0.05) is 44.9 Å². The molecule has 140 valence electrons. The Morgan fingerprint density at radius 2 is 2.00 bits per heavy atom. The third-order valence-electron chi connectivity index (χ3n) is 4.28. The number of nitrogens with zero attached hydrogens (tertiary/aromatic N) is 6. The number of hydrogen-bond acceptors (Lipinski definition) is 6. The average Bonchev–Trinajstić information content (AvgIpc) is 3.00. The number of rotatable bonds is 4. The highest BCUT2D eigenvalue weighted by Gasteiger charge is 2.28. The van der Waals surface area contributed by atoms with E-state index in [9.17, 15) is 4.79 Å². The van der Waals surface area contributed by atoms with E-state index in [1.54, 1.807) is 22.9 Å². The maximum Gasteiger partial charge on any atom is 0.246 e. The van der Waals surface area contributed by atoms with Crippen LogP contribution < -0.4 is 9.80 Å². The van der Waals surface area contributed by atoms with E-state index in [0.29, 0.717) is 19.7 Å². The summed E-state index contributed by atoms with van der Waals surface area (Å²) in [5, 5.41) is 4.15. The van der Waals surface area contributed by atoms with Crippen molar-refractivity contribution in [3.63, 3.8) is 0 Å². The zero-order valence-electron chi connectivity index (χ0n) is 16.1. The summed E-state index contributed by atoms with van der Waals surface area (Å²) < 4.78 is 6.94. The molecule has 0 unspecified atom stereocenters. The minimum Gasteiger partial charge on any atom is -0.378 e. The molecule has 0 radical (unpaired) electrons. The van der Waals surface area contributed by atoms with Gasteiger partial charge < -0.3 is 14.5 Å². The van der Waals surface area contributed by atoms with E-state index >= 15 is 0 Å². The molecule has 1 amide bonds. The third kappa shape index (κ3) is 3.85. The number of carbonyl (C=O) groups excluding carboxylic acids is 1. The lowest BCUT2D eigenvalue weighted by Gasteiger charge is -2.34. The zero-order valence-corrected chi connectivity index (χ0v) is 16.1. The molecule has 8 nitrogen and oxygen atoms in total. The molecule has 1 saturated heterocycles. The first-order chi connectivity index (χ1) is 12.3. The third-order valence-corrected chi connectivity index (χ3v) is 4.28. The second-order valence-electron chi connectivity index (χ2n) is 7.56. The van der Waals surface area contributed by atoms with Crippen molar-refractivity contribution in [2.75, 3.05) is 36.5 Å². The summed E-state index contributed by atoms with van der Waals surface area (Å²) in [6, 6.07) is 1.91. The van der Waals surface area contributed by atoms with E-state index in [2.05, 4.69) is 30.9 Å². The zero-order chi connectivity index (χ0) is 18.9. The predicted molar refractivity (Wildman–Crippen MR) is 99.2 cm³/mol. The Hall–Kier alpha value is -2.48. The quantitative estimate of drug-likeness (QED) is 0.825. The summed E-state index contributed by atoms with van der Waals surface area (Å²) in [6.07, 6.45) is 3.57. The van der Waals surface area contributed by atoms with Gasteiger partial charge in [-0.05, 0) is 0 Å². The molecule has 0 spiro atoms. The summed E-state index contributed by atoms with van der Waals surface area (Å²) in [5.41, 5.74) is 1.47. The lowest BCUT2D eigenvalue weighted by atomic mass is 9.95. The molecule has 0 aromatic carbocycles. The van der Waals surface area contributed by atoms with E-state index in [1.165, 1.54) is 0 Å². The van der Waals surface area contributed by atoms with Crippen LogP contribution in [-0.4, -0.2) is 52.4 Å². The number of ether oxygens (including phenoxy) is 1. The summed E-state index contributed by atoms with van der Waals surface area (Å²) in [5.74, 6) is 1.56. The molecule has 2 aromatic rings. The van der Waals surface area contributed by atoms with Crippen molar-refractivity contribution in [2.24, 2.45) is 7.05 Å². The van der Waals surface area contributed by atoms with E-state index in [4.69, 9.17) is 9.72 Å². The molecule has 26 heavy (non-hydrogen) atoms. The summed E-state index contributed by atoms with van der Waals surface area (Å²) in [7, 11) is 3.49. The number of piperazine rings is 1. The molecule has 8 heteroatoms. The van der Waals surface area contributed by atoms with Gasteiger partial charge in [-0.3, -0.25) is 9.48 Å². The maximum atomic E-state index is 12.7. The van der Waals surface area contributed by atoms with Crippen LogP contribution in [-0.2, 0) is 28.6 Å². The van der Waals surface area contributed by atoms with Crippen LogP contribution in [0, 0.1) is 0 Å². The fourth-order valence-electron chi connectivity index (χ4n) is 2.89. The Morgan fingerprint density at radius 1 is 1.23 bits per heavy atom. The minimum atomic E-state index is -0.181. The molecule has 3 heterocycles. The molecule has 0 saturated carbocycles. The van der Waals surface area contributed by atoms with Crippen molar-refractivity contribution in [1.29, 1.82) is 0 Å². The van der Waals surface area contributed by atoms with E-state index in [-0.39, 0.29) is 17.9 Å². The molecule has 0 bridgehead atoms. The monoisotopic (exact) mass is 358 g/mol. The van der Waals surface area contributed by atoms with Crippen LogP contribution in [0.4, 0.5) is 11.5 Å². The highest BCUT2D eigenvalue weighted by atomic mass is 16.5. The minimum absolute atomic E-state index is 0.0356. The van der Waals surface area contributed by atoms with Crippen LogP contribution in [0.15, 0.2) is 18.5 Å². The first kappa shape index (κ1) is 18.3. The molecular formula is C18H26N6O2. The van der Waals surface area contributed by atoms with Crippen molar-refractivity contribution in [2.45, 2.75) is 32.8 Å². The standard InChI is InChI=1S/C18H26N6O2/c1-18(2,3)17-20-13(12-26-5)8-15(21-17)23-6-7-24(16(25)11-23)14-9-19-22(4)10-14/h8-10H,6-7,11-12H2,1-5H3.